The summed E-state index contributed by atoms with van der Waals surface area (Å²) >= 11 is 1.66. The Balaban J connectivity index is 1.36. The van der Waals surface area contributed by atoms with Crippen LogP contribution in [0.25, 0.3) is 11.4 Å². The Bertz CT molecular complexity index is 1170. The van der Waals surface area contributed by atoms with Crippen molar-refractivity contribution in [3.05, 3.63) is 84.3 Å². The van der Waals surface area contributed by atoms with E-state index in [2.05, 4.69) is 15.5 Å². The molecule has 0 bridgehead atoms. The van der Waals surface area contributed by atoms with Crippen molar-refractivity contribution in [2.24, 2.45) is 0 Å². The number of hydrogen-bond acceptors (Lipinski definition) is 5. The summed E-state index contributed by atoms with van der Waals surface area (Å²) < 4.78 is 5.33. The van der Waals surface area contributed by atoms with Crippen LogP contribution in [0.4, 0.5) is 16.2 Å². The van der Waals surface area contributed by atoms with Gasteiger partial charge in [0.15, 0.2) is 0 Å². The smallest absolute Gasteiger partial charge is 0.327 e. The molecule has 30 heavy (non-hydrogen) atoms. The molecule has 1 aliphatic heterocycles. The fourth-order valence-corrected chi connectivity index (χ4v) is 4.36. The first-order valence-electron chi connectivity index (χ1n) is 9.52. The first-order valence-corrected chi connectivity index (χ1v) is 10.3. The molecule has 0 saturated carbocycles. The SMILES string of the molecule is Cc1ccc(-c2noc(CNC(=O)N3c4ccccc4Sc4ccccc43)n2)cc1. The van der Waals surface area contributed by atoms with Crippen molar-refractivity contribution in [1.29, 1.82) is 0 Å². The highest BCUT2D eigenvalue weighted by Crippen LogP contribution is 2.47. The third-order valence-corrected chi connectivity index (χ3v) is 5.93. The van der Waals surface area contributed by atoms with E-state index in [0.29, 0.717) is 11.7 Å². The highest BCUT2D eigenvalue weighted by atomic mass is 32.2. The maximum absolute atomic E-state index is 13.1. The van der Waals surface area contributed by atoms with Crippen molar-refractivity contribution in [3.8, 4) is 11.4 Å². The highest BCUT2D eigenvalue weighted by molar-refractivity contribution is 7.99. The molecular weight excluding hydrogens is 396 g/mol. The minimum atomic E-state index is -0.245. The second-order valence-corrected chi connectivity index (χ2v) is 7.99. The molecule has 4 aromatic rings. The van der Waals surface area contributed by atoms with Gasteiger partial charge in [-0.25, -0.2) is 4.79 Å². The molecule has 0 fully saturated rings. The van der Waals surface area contributed by atoms with Crippen LogP contribution in [0.2, 0.25) is 0 Å². The summed E-state index contributed by atoms with van der Waals surface area (Å²) in [6.45, 7) is 2.17. The van der Waals surface area contributed by atoms with Gasteiger partial charge in [-0.3, -0.25) is 4.90 Å². The van der Waals surface area contributed by atoms with Gasteiger partial charge in [-0.2, -0.15) is 4.98 Å². The summed E-state index contributed by atoms with van der Waals surface area (Å²) in [5, 5.41) is 6.93. The lowest BCUT2D eigenvalue weighted by Crippen LogP contribution is -2.37. The van der Waals surface area contributed by atoms with E-state index in [9.17, 15) is 4.79 Å². The zero-order valence-electron chi connectivity index (χ0n) is 16.2. The average Bonchev–Trinajstić information content (AvgIpc) is 3.25. The minimum Gasteiger partial charge on any atom is -0.337 e. The molecule has 0 aliphatic carbocycles. The van der Waals surface area contributed by atoms with Crippen LogP contribution in [0.15, 0.2) is 87.1 Å². The summed E-state index contributed by atoms with van der Waals surface area (Å²) in [5.41, 5.74) is 3.74. The van der Waals surface area contributed by atoms with Gasteiger partial charge in [-0.1, -0.05) is 71.0 Å². The van der Waals surface area contributed by atoms with Crippen LogP contribution < -0.4 is 10.2 Å². The Morgan fingerprint density at radius 3 is 2.27 bits per heavy atom. The van der Waals surface area contributed by atoms with Gasteiger partial charge in [0.2, 0.25) is 11.7 Å². The van der Waals surface area contributed by atoms with Gasteiger partial charge < -0.3 is 9.84 Å². The Morgan fingerprint density at radius 1 is 0.967 bits per heavy atom. The van der Waals surface area contributed by atoms with Crippen LogP contribution in [0.1, 0.15) is 11.5 Å². The first-order chi connectivity index (χ1) is 14.7. The van der Waals surface area contributed by atoms with Gasteiger partial charge in [-0.15, -0.1) is 0 Å². The Labute approximate surface area is 177 Å². The quantitative estimate of drug-likeness (QED) is 0.475. The van der Waals surface area contributed by atoms with Gasteiger partial charge in [0.1, 0.15) is 0 Å². The number of nitrogens with one attached hydrogen (secondary N) is 1. The fourth-order valence-electron chi connectivity index (χ4n) is 3.30. The van der Waals surface area contributed by atoms with Crippen molar-refractivity contribution >= 4 is 29.2 Å². The highest BCUT2D eigenvalue weighted by Gasteiger charge is 2.28. The van der Waals surface area contributed by atoms with Gasteiger partial charge in [0.25, 0.3) is 0 Å². The number of para-hydroxylation sites is 2. The van der Waals surface area contributed by atoms with Crippen molar-refractivity contribution in [2.45, 2.75) is 23.3 Å². The van der Waals surface area contributed by atoms with Crippen LogP contribution in [0, 0.1) is 6.92 Å². The molecule has 1 aromatic heterocycles. The molecule has 5 rings (SSSR count). The molecule has 2 amide bonds. The molecule has 6 nitrogen and oxygen atoms in total. The largest absolute Gasteiger partial charge is 0.337 e. The van der Waals surface area contributed by atoms with Crippen molar-refractivity contribution in [3.63, 3.8) is 0 Å². The molecule has 1 N–H and O–H groups in total. The maximum atomic E-state index is 13.1. The summed E-state index contributed by atoms with van der Waals surface area (Å²) in [7, 11) is 0. The third-order valence-electron chi connectivity index (χ3n) is 4.80. The molecule has 7 heteroatoms. The van der Waals surface area contributed by atoms with E-state index in [4.69, 9.17) is 4.52 Å². The van der Waals surface area contributed by atoms with E-state index in [1.807, 2.05) is 79.7 Å². The Hall–Kier alpha value is -3.58. The van der Waals surface area contributed by atoms with Crippen LogP contribution in [-0.2, 0) is 6.54 Å². The van der Waals surface area contributed by atoms with Crippen LogP contribution in [0.3, 0.4) is 0 Å². The third kappa shape index (κ3) is 3.44. The number of urea groups is 1. The monoisotopic (exact) mass is 414 g/mol. The lowest BCUT2D eigenvalue weighted by molar-refractivity contribution is 0.246. The van der Waals surface area contributed by atoms with Crippen LogP contribution in [0.5, 0.6) is 0 Å². The number of hydrogen-bond donors (Lipinski definition) is 1. The lowest BCUT2D eigenvalue weighted by atomic mass is 10.1. The first kappa shape index (κ1) is 18.4. The van der Waals surface area contributed by atoms with E-state index in [-0.39, 0.29) is 12.6 Å². The predicted molar refractivity (Wildman–Crippen MR) is 116 cm³/mol. The Morgan fingerprint density at radius 2 is 1.60 bits per heavy atom. The number of rotatable bonds is 3. The maximum Gasteiger partial charge on any atom is 0.327 e. The number of aromatic nitrogens is 2. The van der Waals surface area contributed by atoms with Gasteiger partial charge in [0, 0.05) is 15.4 Å². The van der Waals surface area contributed by atoms with Crippen molar-refractivity contribution < 1.29 is 9.32 Å². The zero-order chi connectivity index (χ0) is 20.5. The topological polar surface area (TPSA) is 71.3 Å². The van der Waals surface area contributed by atoms with Crippen molar-refractivity contribution in [2.75, 3.05) is 4.90 Å². The number of fused-ring (bicyclic) bond motifs is 2. The number of carbonyl (C=O) groups excluding carboxylic acids is 1. The van der Waals surface area contributed by atoms with Crippen molar-refractivity contribution in [1.82, 2.24) is 15.5 Å². The van der Waals surface area contributed by atoms with E-state index >= 15 is 0 Å². The summed E-state index contributed by atoms with van der Waals surface area (Å²) in [6, 6.07) is 23.4. The van der Waals surface area contributed by atoms with E-state index in [1.54, 1.807) is 16.7 Å². The molecule has 0 saturated heterocycles. The molecule has 0 atom stereocenters. The lowest BCUT2D eigenvalue weighted by Gasteiger charge is -2.30. The predicted octanol–water partition coefficient (Wildman–Crippen LogP) is 5.56. The molecule has 2 heterocycles. The van der Waals surface area contributed by atoms with Gasteiger partial charge in [-0.05, 0) is 31.2 Å². The van der Waals surface area contributed by atoms with E-state index in [1.165, 1.54) is 0 Å². The number of aryl methyl sites for hydroxylation is 1. The molecular formula is C23H18N4O2S. The fraction of sp³-hybridized carbons (Fsp3) is 0.0870. The number of anilines is 2. The number of nitrogens with zero attached hydrogens (tertiary/aromatic N) is 3. The second-order valence-electron chi connectivity index (χ2n) is 6.91. The Kier molecular flexibility index (Phi) is 4.72. The standard InChI is InChI=1S/C23H18N4O2S/c1-15-10-12-16(13-11-15)22-25-21(29-26-22)14-24-23(28)27-17-6-2-4-8-19(17)30-20-9-5-3-7-18(20)27/h2-13H,14H2,1H3,(H,24,28). The molecule has 148 valence electrons. The van der Waals surface area contributed by atoms with Crippen LogP contribution >= 0.6 is 11.8 Å². The normalized spacial score (nSPS) is 12.2. The molecule has 3 aromatic carbocycles. The summed E-state index contributed by atoms with van der Waals surface area (Å²) in [4.78, 5) is 21.3. The summed E-state index contributed by atoms with van der Waals surface area (Å²) in [5.74, 6) is 0.858. The number of benzene rings is 3. The van der Waals surface area contributed by atoms with E-state index < -0.39 is 0 Å². The second kappa shape index (κ2) is 7.68. The summed E-state index contributed by atoms with van der Waals surface area (Å²) in [6.07, 6.45) is 0. The zero-order valence-corrected chi connectivity index (χ0v) is 17.0. The van der Waals surface area contributed by atoms with Gasteiger partial charge >= 0.3 is 6.03 Å². The number of carbonyl (C=O) groups is 1. The molecule has 0 radical (unpaired) electrons. The van der Waals surface area contributed by atoms with Gasteiger partial charge in [0.05, 0.1) is 17.9 Å². The van der Waals surface area contributed by atoms with E-state index in [0.717, 1.165) is 32.3 Å². The number of amides is 2. The van der Waals surface area contributed by atoms with Crippen LogP contribution in [-0.4, -0.2) is 16.2 Å². The molecule has 0 unspecified atom stereocenters. The molecule has 0 spiro atoms. The minimum absolute atomic E-state index is 0.145. The average molecular weight is 414 g/mol. The molecule has 1 aliphatic rings.